The summed E-state index contributed by atoms with van der Waals surface area (Å²) in [5.74, 6) is 1.79. The van der Waals surface area contributed by atoms with Gasteiger partial charge in [-0.05, 0) is 69.4 Å². The molecule has 1 atom stereocenters. The van der Waals surface area contributed by atoms with E-state index in [1.54, 1.807) is 7.11 Å². The standard InChI is InChI=1S/C21H34N2O2/c1-22-13-19-7-4-11-23(14-19)16-21(9-5-10-21)17-25-20-8-3-6-18(12-20)15-24-2/h3,6,8,12,19,22H,4-5,7,9-11,13-17H2,1-2H3. The zero-order valence-corrected chi connectivity index (χ0v) is 15.9. The maximum atomic E-state index is 6.22. The molecule has 4 heteroatoms. The van der Waals surface area contributed by atoms with Crippen LogP contribution in [-0.4, -0.2) is 51.8 Å². The third kappa shape index (κ3) is 5.19. The molecule has 1 unspecified atom stereocenters. The van der Waals surface area contributed by atoms with Crippen molar-refractivity contribution in [3.63, 3.8) is 0 Å². The highest BCUT2D eigenvalue weighted by molar-refractivity contribution is 5.28. The van der Waals surface area contributed by atoms with Crippen molar-refractivity contribution in [1.29, 1.82) is 0 Å². The van der Waals surface area contributed by atoms with Gasteiger partial charge in [0, 0.05) is 25.6 Å². The zero-order valence-electron chi connectivity index (χ0n) is 15.9. The number of nitrogens with one attached hydrogen (secondary N) is 1. The molecule has 140 valence electrons. The van der Waals surface area contributed by atoms with E-state index in [0.717, 1.165) is 24.8 Å². The van der Waals surface area contributed by atoms with Gasteiger partial charge in [0.1, 0.15) is 5.75 Å². The normalized spacial score (nSPS) is 23.2. The van der Waals surface area contributed by atoms with Crippen LogP contribution in [0.4, 0.5) is 0 Å². The Hall–Kier alpha value is -1.10. The van der Waals surface area contributed by atoms with Crippen LogP contribution in [0.25, 0.3) is 0 Å². The number of ether oxygens (including phenoxy) is 2. The van der Waals surface area contributed by atoms with E-state index in [1.807, 2.05) is 0 Å². The Balaban J connectivity index is 1.53. The van der Waals surface area contributed by atoms with Gasteiger partial charge in [0.15, 0.2) is 0 Å². The summed E-state index contributed by atoms with van der Waals surface area (Å²) in [6, 6.07) is 8.32. The molecular weight excluding hydrogens is 312 g/mol. The third-order valence-corrected chi connectivity index (χ3v) is 5.82. The molecule has 1 N–H and O–H groups in total. The molecule has 0 amide bonds. The number of piperidine rings is 1. The molecule has 4 nitrogen and oxygen atoms in total. The number of hydrogen-bond donors (Lipinski definition) is 1. The van der Waals surface area contributed by atoms with E-state index in [4.69, 9.17) is 9.47 Å². The summed E-state index contributed by atoms with van der Waals surface area (Å²) in [6.45, 7) is 6.33. The smallest absolute Gasteiger partial charge is 0.119 e. The predicted molar refractivity (Wildman–Crippen MR) is 102 cm³/mol. The Bertz CT molecular complexity index is 528. The number of rotatable bonds is 9. The number of likely N-dealkylation sites (tertiary alicyclic amines) is 1. The highest BCUT2D eigenvalue weighted by atomic mass is 16.5. The lowest BCUT2D eigenvalue weighted by atomic mass is 9.68. The molecule has 0 spiro atoms. The second-order valence-electron chi connectivity index (χ2n) is 8.02. The van der Waals surface area contributed by atoms with Crippen molar-refractivity contribution in [2.24, 2.45) is 11.3 Å². The van der Waals surface area contributed by atoms with Gasteiger partial charge in [-0.2, -0.15) is 0 Å². The van der Waals surface area contributed by atoms with Crippen LogP contribution in [-0.2, 0) is 11.3 Å². The fraction of sp³-hybridized carbons (Fsp3) is 0.714. The van der Waals surface area contributed by atoms with Gasteiger partial charge in [-0.3, -0.25) is 0 Å². The molecule has 0 radical (unpaired) electrons. The molecule has 1 saturated carbocycles. The van der Waals surface area contributed by atoms with Gasteiger partial charge >= 0.3 is 0 Å². The molecule has 1 aromatic carbocycles. The van der Waals surface area contributed by atoms with Crippen molar-refractivity contribution in [3.05, 3.63) is 29.8 Å². The van der Waals surface area contributed by atoms with Crippen LogP contribution in [0.2, 0.25) is 0 Å². The second-order valence-corrected chi connectivity index (χ2v) is 8.02. The molecule has 1 saturated heterocycles. The van der Waals surface area contributed by atoms with Crippen LogP contribution < -0.4 is 10.1 Å². The van der Waals surface area contributed by atoms with Gasteiger partial charge in [0.25, 0.3) is 0 Å². The average Bonchev–Trinajstić information content (AvgIpc) is 2.58. The molecule has 2 aliphatic rings. The first kappa shape index (κ1) is 18.7. The van der Waals surface area contributed by atoms with Gasteiger partial charge in [-0.25, -0.2) is 0 Å². The largest absolute Gasteiger partial charge is 0.493 e. The SMILES string of the molecule is CNCC1CCCN(CC2(COc3cccc(COC)c3)CCC2)C1. The van der Waals surface area contributed by atoms with E-state index < -0.39 is 0 Å². The molecule has 1 aliphatic heterocycles. The van der Waals surface area contributed by atoms with Crippen molar-refractivity contribution in [1.82, 2.24) is 10.2 Å². The van der Waals surface area contributed by atoms with Crippen LogP contribution in [0.5, 0.6) is 5.75 Å². The molecule has 1 aromatic rings. The van der Waals surface area contributed by atoms with Crippen molar-refractivity contribution < 1.29 is 9.47 Å². The lowest BCUT2D eigenvalue weighted by Gasteiger charge is -2.46. The number of nitrogens with zero attached hydrogens (tertiary/aromatic N) is 1. The second kappa shape index (κ2) is 9.02. The maximum Gasteiger partial charge on any atom is 0.119 e. The fourth-order valence-corrected chi connectivity index (χ4v) is 4.38. The van der Waals surface area contributed by atoms with Crippen molar-refractivity contribution in [3.8, 4) is 5.75 Å². The van der Waals surface area contributed by atoms with Crippen LogP contribution in [0.15, 0.2) is 24.3 Å². The van der Waals surface area contributed by atoms with Crippen LogP contribution >= 0.6 is 0 Å². The van der Waals surface area contributed by atoms with Crippen molar-refractivity contribution >= 4 is 0 Å². The summed E-state index contributed by atoms with van der Waals surface area (Å²) < 4.78 is 11.4. The Morgan fingerprint density at radius 1 is 1.28 bits per heavy atom. The average molecular weight is 347 g/mol. The highest BCUT2D eigenvalue weighted by Gasteiger charge is 2.40. The maximum absolute atomic E-state index is 6.22. The fourth-order valence-electron chi connectivity index (χ4n) is 4.38. The first-order valence-electron chi connectivity index (χ1n) is 9.81. The monoisotopic (exact) mass is 346 g/mol. The van der Waals surface area contributed by atoms with Gasteiger partial charge < -0.3 is 19.7 Å². The number of methoxy groups -OCH3 is 1. The quantitative estimate of drug-likeness (QED) is 0.744. The summed E-state index contributed by atoms with van der Waals surface area (Å²) >= 11 is 0. The van der Waals surface area contributed by atoms with Crippen molar-refractivity contribution in [2.75, 3.05) is 46.9 Å². The summed E-state index contributed by atoms with van der Waals surface area (Å²) in [5, 5.41) is 3.35. The van der Waals surface area contributed by atoms with E-state index in [-0.39, 0.29) is 0 Å². The number of hydrogen-bond acceptors (Lipinski definition) is 4. The summed E-state index contributed by atoms with van der Waals surface area (Å²) in [4.78, 5) is 2.69. The summed E-state index contributed by atoms with van der Waals surface area (Å²) in [7, 11) is 3.80. The van der Waals surface area contributed by atoms with Crippen LogP contribution in [0.3, 0.4) is 0 Å². The molecule has 0 bridgehead atoms. The lowest BCUT2D eigenvalue weighted by molar-refractivity contribution is 0.00514. The van der Waals surface area contributed by atoms with E-state index in [0.29, 0.717) is 12.0 Å². The molecule has 1 heterocycles. The molecule has 3 rings (SSSR count). The molecule has 2 fully saturated rings. The van der Waals surface area contributed by atoms with Gasteiger partial charge in [0.05, 0.1) is 13.2 Å². The Morgan fingerprint density at radius 2 is 2.16 bits per heavy atom. The zero-order chi connectivity index (χ0) is 17.5. The Kier molecular flexibility index (Phi) is 6.74. The van der Waals surface area contributed by atoms with Gasteiger partial charge in [-0.15, -0.1) is 0 Å². The van der Waals surface area contributed by atoms with Crippen molar-refractivity contribution in [2.45, 2.75) is 38.7 Å². The Labute approximate surface area is 152 Å². The first-order valence-corrected chi connectivity index (χ1v) is 9.81. The predicted octanol–water partition coefficient (Wildman–Crippen LogP) is 3.31. The minimum Gasteiger partial charge on any atom is -0.493 e. The van der Waals surface area contributed by atoms with E-state index in [2.05, 4.69) is 41.5 Å². The summed E-state index contributed by atoms with van der Waals surface area (Å²) in [5.41, 5.74) is 1.53. The van der Waals surface area contributed by atoms with Gasteiger partial charge in [0.2, 0.25) is 0 Å². The molecule has 25 heavy (non-hydrogen) atoms. The van der Waals surface area contributed by atoms with E-state index in [1.165, 1.54) is 57.3 Å². The minimum absolute atomic E-state index is 0.360. The molecular formula is C21H34N2O2. The highest BCUT2D eigenvalue weighted by Crippen LogP contribution is 2.42. The van der Waals surface area contributed by atoms with E-state index in [9.17, 15) is 0 Å². The minimum atomic E-state index is 0.360. The first-order chi connectivity index (χ1) is 12.2. The number of benzene rings is 1. The lowest BCUT2D eigenvalue weighted by Crippen LogP contribution is -2.49. The molecule has 1 aliphatic carbocycles. The van der Waals surface area contributed by atoms with Gasteiger partial charge in [-0.1, -0.05) is 18.6 Å². The van der Waals surface area contributed by atoms with E-state index >= 15 is 0 Å². The molecule has 0 aromatic heterocycles. The Morgan fingerprint density at radius 3 is 2.88 bits per heavy atom. The van der Waals surface area contributed by atoms with Crippen LogP contribution in [0, 0.1) is 11.3 Å². The third-order valence-electron chi connectivity index (χ3n) is 5.82. The topological polar surface area (TPSA) is 33.7 Å². The summed E-state index contributed by atoms with van der Waals surface area (Å²) in [6.07, 6.45) is 6.66. The van der Waals surface area contributed by atoms with Crippen LogP contribution in [0.1, 0.15) is 37.7 Å².